The van der Waals surface area contributed by atoms with Gasteiger partial charge in [-0.05, 0) is 32.7 Å². The summed E-state index contributed by atoms with van der Waals surface area (Å²) >= 11 is 0. The minimum Gasteiger partial charge on any atom is -0.347 e. The zero-order valence-electron chi connectivity index (χ0n) is 8.30. The van der Waals surface area contributed by atoms with Crippen LogP contribution in [0.5, 0.6) is 0 Å². The molecule has 0 aliphatic heterocycles. The third-order valence-corrected chi connectivity index (χ3v) is 1.82. The van der Waals surface area contributed by atoms with Crippen LogP contribution in [0.15, 0.2) is 0 Å². The van der Waals surface area contributed by atoms with Gasteiger partial charge in [0.15, 0.2) is 5.78 Å². The molecule has 76 valence electrons. The van der Waals surface area contributed by atoms with Gasteiger partial charge in [0.1, 0.15) is 0 Å². The van der Waals surface area contributed by atoms with E-state index in [9.17, 15) is 9.59 Å². The fraction of sp³-hybridized carbons (Fsp3) is 0.778. The number of rotatable bonds is 6. The lowest BCUT2D eigenvalue weighted by molar-refractivity contribution is -0.125. The van der Waals surface area contributed by atoms with E-state index in [2.05, 4.69) is 5.32 Å². The van der Waals surface area contributed by atoms with E-state index in [0.29, 0.717) is 13.0 Å². The molecule has 0 radical (unpaired) electrons. The third kappa shape index (κ3) is 6.28. The number of ketones is 1. The van der Waals surface area contributed by atoms with Gasteiger partial charge in [-0.2, -0.15) is 0 Å². The van der Waals surface area contributed by atoms with Crippen LogP contribution >= 0.6 is 0 Å². The molecule has 4 nitrogen and oxygen atoms in total. The predicted molar refractivity (Wildman–Crippen MR) is 51.2 cm³/mol. The summed E-state index contributed by atoms with van der Waals surface area (Å²) in [5.74, 6) is -0.153. The lowest BCUT2D eigenvalue weighted by Gasteiger charge is -2.13. The zero-order chi connectivity index (χ0) is 10.3. The van der Waals surface area contributed by atoms with Crippen LogP contribution in [-0.4, -0.2) is 24.3 Å². The first-order valence-corrected chi connectivity index (χ1v) is 4.55. The van der Waals surface area contributed by atoms with Crippen molar-refractivity contribution in [2.45, 2.75) is 39.2 Å². The van der Waals surface area contributed by atoms with E-state index < -0.39 is 0 Å². The average molecular weight is 186 g/mol. The molecular weight excluding hydrogens is 168 g/mol. The van der Waals surface area contributed by atoms with E-state index in [0.717, 1.165) is 12.8 Å². The van der Waals surface area contributed by atoms with Gasteiger partial charge in [-0.15, -0.1) is 0 Å². The number of amides is 1. The van der Waals surface area contributed by atoms with Crippen molar-refractivity contribution in [3.63, 3.8) is 0 Å². The molecule has 0 rings (SSSR count). The van der Waals surface area contributed by atoms with Gasteiger partial charge >= 0.3 is 0 Å². The lowest BCUT2D eigenvalue weighted by atomic mass is 10.1. The zero-order valence-corrected chi connectivity index (χ0v) is 8.30. The van der Waals surface area contributed by atoms with Crippen molar-refractivity contribution in [3.8, 4) is 0 Å². The summed E-state index contributed by atoms with van der Waals surface area (Å²) < 4.78 is 0. The Kier molecular flexibility index (Phi) is 6.14. The molecule has 0 bridgehead atoms. The maximum atomic E-state index is 11.0. The minimum absolute atomic E-state index is 0.00669. The number of carbonyl (C=O) groups is 2. The van der Waals surface area contributed by atoms with E-state index >= 15 is 0 Å². The van der Waals surface area contributed by atoms with Crippen LogP contribution in [0, 0.1) is 0 Å². The van der Waals surface area contributed by atoms with Gasteiger partial charge in [-0.25, -0.2) is 0 Å². The molecule has 0 fully saturated rings. The monoisotopic (exact) mass is 186 g/mol. The van der Waals surface area contributed by atoms with E-state index in [-0.39, 0.29) is 17.7 Å². The highest BCUT2D eigenvalue weighted by atomic mass is 16.2. The highest BCUT2D eigenvalue weighted by molar-refractivity contribution is 5.86. The van der Waals surface area contributed by atoms with Crippen LogP contribution in [0.4, 0.5) is 0 Å². The Morgan fingerprint density at radius 2 is 1.92 bits per heavy atom. The van der Waals surface area contributed by atoms with Crippen molar-refractivity contribution >= 4 is 11.7 Å². The fourth-order valence-corrected chi connectivity index (χ4v) is 1.12. The van der Waals surface area contributed by atoms with E-state index in [1.54, 1.807) is 0 Å². The number of unbranched alkanes of at least 4 members (excludes halogenated alkanes) is 1. The first-order chi connectivity index (χ1) is 6.07. The standard InChI is InChI=1S/C9H18N2O2/c1-7(12)9(11-8(2)13)5-3-4-6-10/h9H,3-6,10H2,1-2H3,(H,11,13)/t9-/m1/s1. The number of nitrogens with one attached hydrogen (secondary N) is 1. The maximum absolute atomic E-state index is 11.0. The first kappa shape index (κ1) is 12.1. The molecule has 0 spiro atoms. The highest BCUT2D eigenvalue weighted by Crippen LogP contribution is 2.01. The number of nitrogens with two attached hydrogens (primary N) is 1. The van der Waals surface area contributed by atoms with E-state index in [1.807, 2.05) is 0 Å². The van der Waals surface area contributed by atoms with Gasteiger partial charge in [0.2, 0.25) is 5.91 Å². The molecule has 0 aromatic rings. The Balaban J connectivity index is 3.81. The molecule has 13 heavy (non-hydrogen) atoms. The van der Waals surface area contributed by atoms with Crippen molar-refractivity contribution in [2.75, 3.05) is 6.54 Å². The number of hydrogen-bond donors (Lipinski definition) is 2. The van der Waals surface area contributed by atoms with Gasteiger partial charge in [0.05, 0.1) is 6.04 Å². The lowest BCUT2D eigenvalue weighted by Crippen LogP contribution is -2.38. The maximum Gasteiger partial charge on any atom is 0.217 e. The molecule has 4 heteroatoms. The normalized spacial score (nSPS) is 12.2. The quantitative estimate of drug-likeness (QED) is 0.582. The van der Waals surface area contributed by atoms with Crippen molar-refractivity contribution < 1.29 is 9.59 Å². The Bertz CT molecular complexity index is 180. The summed E-state index contributed by atoms with van der Waals surface area (Å²) in [6, 6.07) is -0.330. The molecule has 0 aliphatic carbocycles. The molecule has 0 unspecified atom stereocenters. The molecule has 3 N–H and O–H groups in total. The fourth-order valence-electron chi connectivity index (χ4n) is 1.12. The van der Waals surface area contributed by atoms with Crippen LogP contribution in [-0.2, 0) is 9.59 Å². The SMILES string of the molecule is CC(=O)N[C@H](CCCCN)C(C)=O. The molecular formula is C9H18N2O2. The first-order valence-electron chi connectivity index (χ1n) is 4.55. The minimum atomic E-state index is -0.330. The molecule has 0 aliphatic rings. The summed E-state index contributed by atoms with van der Waals surface area (Å²) in [4.78, 5) is 21.7. The molecule has 1 atom stereocenters. The molecule has 1 amide bonds. The molecule has 0 saturated carbocycles. The van der Waals surface area contributed by atoms with Gasteiger partial charge in [-0.3, -0.25) is 9.59 Å². The summed E-state index contributed by atoms with van der Waals surface area (Å²) in [5, 5.41) is 2.61. The van der Waals surface area contributed by atoms with Crippen molar-refractivity contribution in [1.82, 2.24) is 5.32 Å². The number of Topliss-reactive ketones (excluding diaryl/α,β-unsaturated/α-hetero) is 1. The van der Waals surface area contributed by atoms with Gasteiger partial charge in [0.25, 0.3) is 0 Å². The summed E-state index contributed by atoms with van der Waals surface area (Å²) in [5.41, 5.74) is 5.32. The predicted octanol–water partition coefficient (Wildman–Crippen LogP) is 0.209. The van der Waals surface area contributed by atoms with Crippen LogP contribution < -0.4 is 11.1 Å². The van der Waals surface area contributed by atoms with Gasteiger partial charge in [0, 0.05) is 6.92 Å². The average Bonchev–Trinajstić information content (AvgIpc) is 2.02. The van der Waals surface area contributed by atoms with Crippen molar-refractivity contribution in [3.05, 3.63) is 0 Å². The second-order valence-corrected chi connectivity index (χ2v) is 3.15. The van der Waals surface area contributed by atoms with Crippen LogP contribution in [0.2, 0.25) is 0 Å². The topological polar surface area (TPSA) is 72.2 Å². The number of carbonyl (C=O) groups excluding carboxylic acids is 2. The Hall–Kier alpha value is -0.900. The van der Waals surface area contributed by atoms with Crippen molar-refractivity contribution in [1.29, 1.82) is 0 Å². The highest BCUT2D eigenvalue weighted by Gasteiger charge is 2.13. The third-order valence-electron chi connectivity index (χ3n) is 1.82. The summed E-state index contributed by atoms with van der Waals surface area (Å²) in [6.45, 7) is 3.53. The summed E-state index contributed by atoms with van der Waals surface area (Å²) in [6.07, 6.45) is 2.45. The molecule has 0 saturated heterocycles. The Labute approximate surface area is 78.9 Å². The van der Waals surface area contributed by atoms with Gasteiger partial charge < -0.3 is 11.1 Å². The largest absolute Gasteiger partial charge is 0.347 e. The summed E-state index contributed by atoms with van der Waals surface area (Å²) in [7, 11) is 0. The molecule has 0 aromatic carbocycles. The van der Waals surface area contributed by atoms with Crippen LogP contribution in [0.25, 0.3) is 0 Å². The van der Waals surface area contributed by atoms with E-state index in [1.165, 1.54) is 13.8 Å². The Morgan fingerprint density at radius 1 is 1.31 bits per heavy atom. The van der Waals surface area contributed by atoms with E-state index in [4.69, 9.17) is 5.73 Å². The molecule has 0 heterocycles. The Morgan fingerprint density at radius 3 is 2.31 bits per heavy atom. The molecule has 0 aromatic heterocycles. The smallest absolute Gasteiger partial charge is 0.217 e. The van der Waals surface area contributed by atoms with Crippen LogP contribution in [0.3, 0.4) is 0 Å². The second-order valence-electron chi connectivity index (χ2n) is 3.15. The van der Waals surface area contributed by atoms with Gasteiger partial charge in [-0.1, -0.05) is 0 Å². The second kappa shape index (κ2) is 6.60. The number of hydrogen-bond acceptors (Lipinski definition) is 3. The van der Waals surface area contributed by atoms with Crippen LogP contribution in [0.1, 0.15) is 33.1 Å². The van der Waals surface area contributed by atoms with Crippen molar-refractivity contribution in [2.24, 2.45) is 5.73 Å².